The summed E-state index contributed by atoms with van der Waals surface area (Å²) in [7, 11) is 0. The van der Waals surface area contributed by atoms with Gasteiger partial charge in [0, 0.05) is 19.3 Å². The third kappa shape index (κ3) is 3.05. The lowest BCUT2D eigenvalue weighted by molar-refractivity contribution is -0.115. The van der Waals surface area contributed by atoms with E-state index in [9.17, 15) is 9.59 Å². The number of nitrogens with two attached hydrogens (primary N) is 1. The summed E-state index contributed by atoms with van der Waals surface area (Å²) in [6, 6.07) is 1.65. The van der Waals surface area contributed by atoms with Crippen LogP contribution in [0.2, 0.25) is 0 Å². The predicted molar refractivity (Wildman–Crippen MR) is 68.7 cm³/mol. The second-order valence-corrected chi connectivity index (χ2v) is 4.39. The summed E-state index contributed by atoms with van der Waals surface area (Å²) in [4.78, 5) is 30.8. The van der Waals surface area contributed by atoms with E-state index in [4.69, 9.17) is 5.73 Å². The van der Waals surface area contributed by atoms with Crippen molar-refractivity contribution in [3.8, 4) is 0 Å². The Kier molecular flexibility index (Phi) is 3.90. The summed E-state index contributed by atoms with van der Waals surface area (Å²) in [5, 5.41) is 4.73. The highest BCUT2D eigenvalue weighted by molar-refractivity contribution is 8.18. The summed E-state index contributed by atoms with van der Waals surface area (Å²) in [6.45, 7) is 1.04. The first kappa shape index (κ1) is 12.5. The second kappa shape index (κ2) is 5.61. The number of aromatic nitrogens is 2. The Balaban J connectivity index is 2.16. The Bertz CT molecular complexity index is 517. The maximum atomic E-state index is 11.3. The number of nitrogens with zero attached hydrogens (tertiary/aromatic N) is 2. The summed E-state index contributed by atoms with van der Waals surface area (Å²) in [5.74, 6) is 0.0320. The van der Waals surface area contributed by atoms with Gasteiger partial charge >= 0.3 is 0 Å². The third-order valence-electron chi connectivity index (χ3n) is 2.03. The van der Waals surface area contributed by atoms with Gasteiger partial charge in [-0.3, -0.25) is 14.9 Å². The van der Waals surface area contributed by atoms with Crippen LogP contribution in [0, 0.1) is 0 Å². The smallest absolute Gasteiger partial charge is 0.290 e. The largest absolute Gasteiger partial charge is 0.353 e. The third-order valence-corrected chi connectivity index (χ3v) is 2.84. The normalized spacial score (nSPS) is 17.1. The highest BCUT2D eigenvalue weighted by atomic mass is 32.2. The number of rotatable bonds is 4. The molecule has 4 N–H and O–H groups in total. The second-order valence-electron chi connectivity index (χ2n) is 3.37. The molecule has 0 saturated carbocycles. The van der Waals surface area contributed by atoms with E-state index in [1.54, 1.807) is 18.3 Å². The summed E-state index contributed by atoms with van der Waals surface area (Å²) < 4.78 is 0. The molecule has 1 aliphatic rings. The Morgan fingerprint density at radius 3 is 3.00 bits per heavy atom. The van der Waals surface area contributed by atoms with Crippen LogP contribution in [0.4, 0.5) is 10.7 Å². The van der Waals surface area contributed by atoms with Crippen LogP contribution in [0.1, 0.15) is 5.69 Å². The molecule has 1 fully saturated rings. The van der Waals surface area contributed by atoms with Crippen molar-refractivity contribution in [2.24, 2.45) is 5.73 Å². The van der Waals surface area contributed by atoms with E-state index in [0.717, 1.165) is 11.8 Å². The van der Waals surface area contributed by atoms with Crippen molar-refractivity contribution in [1.29, 1.82) is 0 Å². The van der Waals surface area contributed by atoms with Gasteiger partial charge in [-0.05, 0) is 23.9 Å². The van der Waals surface area contributed by atoms with Crippen LogP contribution in [0.15, 0.2) is 17.2 Å². The molecule has 1 aliphatic heterocycles. The van der Waals surface area contributed by atoms with Gasteiger partial charge in [0.05, 0.1) is 10.6 Å². The van der Waals surface area contributed by atoms with Crippen molar-refractivity contribution in [2.75, 3.05) is 18.4 Å². The van der Waals surface area contributed by atoms with Crippen LogP contribution >= 0.6 is 11.8 Å². The van der Waals surface area contributed by atoms with E-state index in [1.165, 1.54) is 0 Å². The van der Waals surface area contributed by atoms with Gasteiger partial charge < -0.3 is 11.1 Å². The lowest BCUT2D eigenvalue weighted by atomic mass is 10.3. The number of hydrogen-bond acceptors (Lipinski definition) is 7. The quantitative estimate of drug-likeness (QED) is 0.665. The highest BCUT2D eigenvalue weighted by Gasteiger charge is 2.25. The average Bonchev–Trinajstić information content (AvgIpc) is 2.66. The molecule has 0 radical (unpaired) electrons. The number of thioether (sulfide) groups is 1. The van der Waals surface area contributed by atoms with Gasteiger partial charge in [-0.15, -0.1) is 0 Å². The van der Waals surface area contributed by atoms with Gasteiger partial charge in [0.1, 0.15) is 0 Å². The number of hydrogen-bond donors (Lipinski definition) is 3. The van der Waals surface area contributed by atoms with Gasteiger partial charge in [0.25, 0.3) is 11.1 Å². The van der Waals surface area contributed by atoms with E-state index in [0.29, 0.717) is 29.6 Å². The SMILES string of the molecule is NCCNc1nccc(/C=C2\SC(=O)NC2=O)n1. The van der Waals surface area contributed by atoms with E-state index >= 15 is 0 Å². The van der Waals surface area contributed by atoms with Crippen molar-refractivity contribution in [2.45, 2.75) is 0 Å². The highest BCUT2D eigenvalue weighted by Crippen LogP contribution is 2.24. The molecule has 8 heteroatoms. The minimum atomic E-state index is -0.403. The number of carbonyl (C=O) groups is 2. The van der Waals surface area contributed by atoms with E-state index in [1.807, 2.05) is 0 Å². The summed E-state index contributed by atoms with van der Waals surface area (Å²) >= 11 is 0.853. The van der Waals surface area contributed by atoms with Crippen molar-refractivity contribution < 1.29 is 9.59 Å². The van der Waals surface area contributed by atoms with Crippen LogP contribution in [0.3, 0.4) is 0 Å². The van der Waals surface area contributed by atoms with Gasteiger partial charge in [0.2, 0.25) is 5.95 Å². The molecule has 94 valence electrons. The van der Waals surface area contributed by atoms with Crippen molar-refractivity contribution in [1.82, 2.24) is 15.3 Å². The molecule has 2 amide bonds. The molecule has 0 aliphatic carbocycles. The van der Waals surface area contributed by atoms with Crippen LogP contribution in [-0.2, 0) is 4.79 Å². The van der Waals surface area contributed by atoms with Crippen LogP contribution < -0.4 is 16.4 Å². The van der Waals surface area contributed by atoms with Crippen molar-refractivity contribution in [3.05, 3.63) is 22.9 Å². The molecule has 2 rings (SSSR count). The lowest BCUT2D eigenvalue weighted by Gasteiger charge is -2.02. The Hall–Kier alpha value is -1.93. The van der Waals surface area contributed by atoms with E-state index in [-0.39, 0.29) is 5.24 Å². The molecule has 7 nitrogen and oxygen atoms in total. The molecular formula is C10H11N5O2S. The minimum absolute atomic E-state index is 0.323. The molecular weight excluding hydrogens is 254 g/mol. The number of nitrogens with one attached hydrogen (secondary N) is 2. The Labute approximate surface area is 107 Å². The van der Waals surface area contributed by atoms with Gasteiger partial charge in [-0.1, -0.05) is 0 Å². The molecule has 0 atom stereocenters. The van der Waals surface area contributed by atoms with Crippen molar-refractivity contribution >= 4 is 34.9 Å². The number of anilines is 1. The molecule has 0 unspecified atom stereocenters. The average molecular weight is 265 g/mol. The Morgan fingerprint density at radius 1 is 1.50 bits per heavy atom. The maximum absolute atomic E-state index is 11.3. The number of imide groups is 1. The molecule has 18 heavy (non-hydrogen) atoms. The lowest BCUT2D eigenvalue weighted by Crippen LogP contribution is -2.17. The monoisotopic (exact) mass is 265 g/mol. The molecule has 1 aromatic heterocycles. The first-order chi connectivity index (χ1) is 8.69. The molecule has 1 aromatic rings. The van der Waals surface area contributed by atoms with Crippen LogP contribution in [0.25, 0.3) is 6.08 Å². The van der Waals surface area contributed by atoms with Crippen LogP contribution in [0.5, 0.6) is 0 Å². The zero-order valence-electron chi connectivity index (χ0n) is 9.34. The zero-order valence-corrected chi connectivity index (χ0v) is 10.2. The van der Waals surface area contributed by atoms with Gasteiger partial charge in [0.15, 0.2) is 0 Å². The van der Waals surface area contributed by atoms with Crippen LogP contribution in [-0.4, -0.2) is 34.2 Å². The number of amides is 2. The zero-order chi connectivity index (χ0) is 13.0. The predicted octanol–water partition coefficient (Wildman–Crippen LogP) is 0.171. The number of carbonyl (C=O) groups excluding carboxylic acids is 2. The standard InChI is InChI=1S/C10H11N5O2S/c11-2-4-13-9-12-3-1-6(14-9)5-7-8(16)15-10(17)18-7/h1,3,5H,2,4,11H2,(H,12,13,14)(H,15,16,17)/b7-5-. The fourth-order valence-corrected chi connectivity index (χ4v) is 1.94. The first-order valence-electron chi connectivity index (χ1n) is 5.21. The molecule has 2 heterocycles. The van der Waals surface area contributed by atoms with Gasteiger partial charge in [-0.25, -0.2) is 9.97 Å². The topological polar surface area (TPSA) is 110 Å². The summed E-state index contributed by atoms with van der Waals surface area (Å²) in [5.41, 5.74) is 5.91. The fraction of sp³-hybridized carbons (Fsp3) is 0.200. The minimum Gasteiger partial charge on any atom is -0.353 e. The van der Waals surface area contributed by atoms with E-state index < -0.39 is 5.91 Å². The van der Waals surface area contributed by atoms with Gasteiger partial charge in [-0.2, -0.15) is 0 Å². The molecule has 0 bridgehead atoms. The first-order valence-corrected chi connectivity index (χ1v) is 6.02. The van der Waals surface area contributed by atoms with E-state index in [2.05, 4.69) is 20.6 Å². The molecule has 0 spiro atoms. The molecule has 0 aromatic carbocycles. The summed E-state index contributed by atoms with van der Waals surface area (Å²) in [6.07, 6.45) is 3.11. The van der Waals surface area contributed by atoms with Crippen molar-refractivity contribution in [3.63, 3.8) is 0 Å². The molecule has 1 saturated heterocycles. The fourth-order valence-electron chi connectivity index (χ4n) is 1.28. The maximum Gasteiger partial charge on any atom is 0.290 e. The Morgan fingerprint density at radius 2 is 2.33 bits per heavy atom.